The SMILES string of the molecule is Cc1cc(C(=O)N(C)C)cnc1C1CCNCC1. The van der Waals surface area contributed by atoms with Crippen molar-refractivity contribution in [1.29, 1.82) is 0 Å². The molecular weight excluding hydrogens is 226 g/mol. The summed E-state index contributed by atoms with van der Waals surface area (Å²) in [6.07, 6.45) is 3.98. The maximum Gasteiger partial charge on any atom is 0.254 e. The molecule has 2 rings (SSSR count). The predicted octanol–water partition coefficient (Wildman–Crippen LogP) is 1.56. The van der Waals surface area contributed by atoms with Crippen LogP contribution in [0.3, 0.4) is 0 Å². The summed E-state index contributed by atoms with van der Waals surface area (Å²) in [5.41, 5.74) is 2.97. The third-order valence-corrected chi connectivity index (χ3v) is 3.50. The summed E-state index contributed by atoms with van der Waals surface area (Å²) in [4.78, 5) is 18.0. The molecule has 1 amide bonds. The Balaban J connectivity index is 2.21. The predicted molar refractivity (Wildman–Crippen MR) is 71.8 cm³/mol. The highest BCUT2D eigenvalue weighted by Gasteiger charge is 2.19. The molecule has 4 nitrogen and oxygen atoms in total. The minimum Gasteiger partial charge on any atom is -0.345 e. The van der Waals surface area contributed by atoms with Gasteiger partial charge < -0.3 is 10.2 Å². The lowest BCUT2D eigenvalue weighted by molar-refractivity contribution is 0.0827. The molecule has 2 heterocycles. The molecule has 0 bridgehead atoms. The van der Waals surface area contributed by atoms with E-state index in [4.69, 9.17) is 0 Å². The zero-order chi connectivity index (χ0) is 13.1. The molecule has 1 N–H and O–H groups in total. The van der Waals surface area contributed by atoms with Crippen molar-refractivity contribution in [1.82, 2.24) is 15.2 Å². The van der Waals surface area contributed by atoms with E-state index in [0.717, 1.165) is 37.2 Å². The number of hydrogen-bond acceptors (Lipinski definition) is 3. The number of carbonyl (C=O) groups is 1. The average molecular weight is 247 g/mol. The molecular formula is C14H21N3O. The molecule has 0 aromatic carbocycles. The van der Waals surface area contributed by atoms with Gasteiger partial charge in [0.2, 0.25) is 0 Å². The van der Waals surface area contributed by atoms with Gasteiger partial charge in [-0.05, 0) is 44.5 Å². The molecule has 4 heteroatoms. The maximum absolute atomic E-state index is 11.9. The van der Waals surface area contributed by atoms with Crippen LogP contribution >= 0.6 is 0 Å². The van der Waals surface area contributed by atoms with Crippen molar-refractivity contribution in [2.75, 3.05) is 27.2 Å². The molecule has 1 aromatic rings. The topological polar surface area (TPSA) is 45.2 Å². The van der Waals surface area contributed by atoms with Crippen molar-refractivity contribution in [2.24, 2.45) is 0 Å². The van der Waals surface area contributed by atoms with Crippen LogP contribution in [0.5, 0.6) is 0 Å². The third-order valence-electron chi connectivity index (χ3n) is 3.50. The quantitative estimate of drug-likeness (QED) is 0.862. The van der Waals surface area contributed by atoms with Gasteiger partial charge in [-0.15, -0.1) is 0 Å². The Kier molecular flexibility index (Phi) is 3.97. The summed E-state index contributed by atoms with van der Waals surface area (Å²) < 4.78 is 0. The molecule has 0 saturated carbocycles. The van der Waals surface area contributed by atoms with Gasteiger partial charge in [0.05, 0.1) is 5.56 Å². The number of pyridine rings is 1. The minimum absolute atomic E-state index is 0.0162. The van der Waals surface area contributed by atoms with E-state index < -0.39 is 0 Å². The van der Waals surface area contributed by atoms with Crippen molar-refractivity contribution < 1.29 is 4.79 Å². The van der Waals surface area contributed by atoms with E-state index in [-0.39, 0.29) is 5.91 Å². The van der Waals surface area contributed by atoms with Crippen molar-refractivity contribution in [3.8, 4) is 0 Å². The summed E-state index contributed by atoms with van der Waals surface area (Å²) >= 11 is 0. The van der Waals surface area contributed by atoms with Crippen molar-refractivity contribution in [3.63, 3.8) is 0 Å². The van der Waals surface area contributed by atoms with E-state index >= 15 is 0 Å². The second-order valence-electron chi connectivity index (χ2n) is 5.15. The highest BCUT2D eigenvalue weighted by molar-refractivity contribution is 5.93. The Hall–Kier alpha value is -1.42. The van der Waals surface area contributed by atoms with Gasteiger partial charge in [-0.3, -0.25) is 9.78 Å². The highest BCUT2D eigenvalue weighted by Crippen LogP contribution is 2.26. The lowest BCUT2D eigenvalue weighted by atomic mass is 9.91. The smallest absolute Gasteiger partial charge is 0.254 e. The molecule has 1 aliphatic heterocycles. The first kappa shape index (κ1) is 13.0. The fraction of sp³-hybridized carbons (Fsp3) is 0.571. The molecule has 0 aliphatic carbocycles. The number of aromatic nitrogens is 1. The minimum atomic E-state index is 0.0162. The number of aryl methyl sites for hydroxylation is 1. The normalized spacial score (nSPS) is 16.6. The summed E-state index contributed by atoms with van der Waals surface area (Å²) in [6, 6.07) is 1.96. The monoisotopic (exact) mass is 247 g/mol. The highest BCUT2D eigenvalue weighted by atomic mass is 16.2. The Morgan fingerprint density at radius 3 is 2.61 bits per heavy atom. The van der Waals surface area contributed by atoms with Crippen LogP contribution in [0.1, 0.15) is 40.4 Å². The van der Waals surface area contributed by atoms with Gasteiger partial charge in [0.25, 0.3) is 5.91 Å². The van der Waals surface area contributed by atoms with E-state index in [1.165, 1.54) is 0 Å². The average Bonchev–Trinajstić information content (AvgIpc) is 2.38. The van der Waals surface area contributed by atoms with Crippen LogP contribution in [0.25, 0.3) is 0 Å². The molecule has 18 heavy (non-hydrogen) atoms. The van der Waals surface area contributed by atoms with Crippen molar-refractivity contribution in [2.45, 2.75) is 25.7 Å². The molecule has 0 radical (unpaired) electrons. The summed E-state index contributed by atoms with van der Waals surface area (Å²) in [5.74, 6) is 0.553. The Morgan fingerprint density at radius 1 is 1.39 bits per heavy atom. The van der Waals surface area contributed by atoms with E-state index in [2.05, 4.69) is 17.2 Å². The van der Waals surface area contributed by atoms with Gasteiger partial charge in [-0.1, -0.05) is 0 Å². The van der Waals surface area contributed by atoms with Gasteiger partial charge in [-0.25, -0.2) is 0 Å². The Labute approximate surface area is 108 Å². The van der Waals surface area contributed by atoms with Gasteiger partial charge in [-0.2, -0.15) is 0 Å². The van der Waals surface area contributed by atoms with Gasteiger partial charge in [0.1, 0.15) is 0 Å². The van der Waals surface area contributed by atoms with Crippen LogP contribution in [0.15, 0.2) is 12.3 Å². The summed E-state index contributed by atoms with van der Waals surface area (Å²) in [7, 11) is 3.52. The first-order valence-corrected chi connectivity index (χ1v) is 6.48. The molecule has 0 atom stereocenters. The number of hydrogen-bond donors (Lipinski definition) is 1. The van der Waals surface area contributed by atoms with Gasteiger partial charge in [0.15, 0.2) is 0 Å². The maximum atomic E-state index is 11.9. The van der Waals surface area contributed by atoms with Crippen LogP contribution in [-0.2, 0) is 0 Å². The van der Waals surface area contributed by atoms with Crippen LogP contribution in [0.2, 0.25) is 0 Å². The zero-order valence-electron chi connectivity index (χ0n) is 11.4. The molecule has 1 aromatic heterocycles. The number of rotatable bonds is 2. The van der Waals surface area contributed by atoms with Crippen molar-refractivity contribution >= 4 is 5.91 Å². The Morgan fingerprint density at radius 2 is 2.06 bits per heavy atom. The van der Waals surface area contributed by atoms with Crippen molar-refractivity contribution in [3.05, 3.63) is 29.1 Å². The fourth-order valence-corrected chi connectivity index (χ4v) is 2.48. The van der Waals surface area contributed by atoms with Crippen LogP contribution in [0.4, 0.5) is 0 Å². The lowest BCUT2D eigenvalue weighted by Crippen LogP contribution is -2.27. The van der Waals surface area contributed by atoms with E-state index in [9.17, 15) is 4.79 Å². The van der Waals surface area contributed by atoms with E-state index in [1.54, 1.807) is 25.2 Å². The number of nitrogens with one attached hydrogen (secondary N) is 1. The number of amides is 1. The van der Waals surface area contributed by atoms with Crippen LogP contribution in [0, 0.1) is 6.92 Å². The first-order valence-electron chi connectivity index (χ1n) is 6.48. The summed E-state index contributed by atoms with van der Waals surface area (Å²) in [6.45, 7) is 4.17. The summed E-state index contributed by atoms with van der Waals surface area (Å²) in [5, 5.41) is 3.36. The standard InChI is InChI=1S/C14H21N3O/c1-10-8-12(14(18)17(2)3)9-16-13(10)11-4-6-15-7-5-11/h8-9,11,15H,4-7H2,1-3H3. The number of piperidine rings is 1. The zero-order valence-corrected chi connectivity index (χ0v) is 11.4. The third kappa shape index (κ3) is 2.70. The molecule has 1 saturated heterocycles. The second kappa shape index (κ2) is 5.48. The molecule has 0 spiro atoms. The van der Waals surface area contributed by atoms with Gasteiger partial charge >= 0.3 is 0 Å². The van der Waals surface area contributed by atoms with Crippen LogP contribution < -0.4 is 5.32 Å². The number of carbonyl (C=O) groups excluding carboxylic acids is 1. The lowest BCUT2D eigenvalue weighted by Gasteiger charge is -2.23. The molecule has 98 valence electrons. The fourth-order valence-electron chi connectivity index (χ4n) is 2.48. The van der Waals surface area contributed by atoms with Gasteiger partial charge in [0, 0.05) is 31.9 Å². The first-order chi connectivity index (χ1) is 8.59. The van der Waals surface area contributed by atoms with E-state index in [0.29, 0.717) is 11.5 Å². The molecule has 1 aliphatic rings. The largest absolute Gasteiger partial charge is 0.345 e. The van der Waals surface area contributed by atoms with Crippen LogP contribution in [-0.4, -0.2) is 43.0 Å². The second-order valence-corrected chi connectivity index (χ2v) is 5.15. The Bertz CT molecular complexity index is 437. The van der Waals surface area contributed by atoms with E-state index in [1.807, 2.05) is 6.07 Å². The molecule has 0 unspecified atom stereocenters. The molecule has 1 fully saturated rings. The number of nitrogens with zero attached hydrogens (tertiary/aromatic N) is 2.